The molecule has 1 N–H and O–H groups in total. The summed E-state index contributed by atoms with van der Waals surface area (Å²) in [6.07, 6.45) is 0.948. The molecule has 3 nitrogen and oxygen atoms in total. The maximum absolute atomic E-state index is 11.9. The summed E-state index contributed by atoms with van der Waals surface area (Å²) in [5, 5.41) is 3.26. The molecule has 2 atom stereocenters. The highest BCUT2D eigenvalue weighted by Gasteiger charge is 2.39. The molecule has 4 heteroatoms. The molecule has 1 aliphatic rings. The van der Waals surface area contributed by atoms with E-state index < -0.39 is 0 Å². The summed E-state index contributed by atoms with van der Waals surface area (Å²) in [6, 6.07) is 9.62. The number of carbonyl (C=O) groups excluding carboxylic acids is 1. The molecule has 1 aliphatic heterocycles. The lowest BCUT2D eigenvalue weighted by atomic mass is 9.98. The van der Waals surface area contributed by atoms with Crippen LogP contribution in [-0.4, -0.2) is 17.1 Å². The van der Waals surface area contributed by atoms with Crippen molar-refractivity contribution in [3.05, 3.63) is 30.3 Å². The van der Waals surface area contributed by atoms with Gasteiger partial charge in [-0.05, 0) is 30.3 Å². The van der Waals surface area contributed by atoms with Crippen LogP contribution < -0.4 is 10.2 Å². The maximum atomic E-state index is 11.9. The van der Waals surface area contributed by atoms with Gasteiger partial charge in [0.2, 0.25) is 5.91 Å². The van der Waals surface area contributed by atoms with E-state index >= 15 is 0 Å². The molecule has 0 saturated carbocycles. The summed E-state index contributed by atoms with van der Waals surface area (Å²) >= 11 is 5.24. The molecular weight excluding hydrogens is 232 g/mol. The lowest BCUT2D eigenvalue weighted by molar-refractivity contribution is -0.120. The quantitative estimate of drug-likeness (QED) is 0.833. The van der Waals surface area contributed by atoms with Gasteiger partial charge in [0.05, 0.1) is 0 Å². The van der Waals surface area contributed by atoms with Gasteiger partial charge in [-0.1, -0.05) is 38.5 Å². The first kappa shape index (κ1) is 12.0. The third-order valence-electron chi connectivity index (χ3n) is 3.21. The minimum atomic E-state index is -0.185. The number of thiocarbonyl (C=S) groups is 1. The molecule has 1 fully saturated rings. The second-order valence-electron chi connectivity index (χ2n) is 4.33. The van der Waals surface area contributed by atoms with Crippen LogP contribution in [0.2, 0.25) is 0 Å². The molecule has 0 aromatic heterocycles. The fourth-order valence-electron chi connectivity index (χ4n) is 2.09. The third kappa shape index (κ3) is 2.17. The first-order chi connectivity index (χ1) is 8.15. The van der Waals surface area contributed by atoms with Crippen molar-refractivity contribution in [1.82, 2.24) is 5.32 Å². The summed E-state index contributed by atoms with van der Waals surface area (Å²) in [5.74, 6) is 0.281. The molecule has 0 spiro atoms. The van der Waals surface area contributed by atoms with Gasteiger partial charge < -0.3 is 10.2 Å². The Morgan fingerprint density at radius 2 is 2.06 bits per heavy atom. The van der Waals surface area contributed by atoms with Crippen LogP contribution in [0.25, 0.3) is 0 Å². The highest BCUT2D eigenvalue weighted by Crippen LogP contribution is 2.26. The van der Waals surface area contributed by atoms with Crippen LogP contribution in [0.1, 0.15) is 20.3 Å². The van der Waals surface area contributed by atoms with E-state index in [1.165, 1.54) is 0 Å². The largest absolute Gasteiger partial charge is 0.306 e. The number of para-hydroxylation sites is 1. The smallest absolute Gasteiger partial charge is 0.249 e. The topological polar surface area (TPSA) is 32.3 Å². The predicted molar refractivity (Wildman–Crippen MR) is 72.9 cm³/mol. The Kier molecular flexibility index (Phi) is 3.43. The van der Waals surface area contributed by atoms with E-state index in [1.54, 1.807) is 0 Å². The number of anilines is 1. The fourth-order valence-corrected chi connectivity index (χ4v) is 2.41. The highest BCUT2D eigenvalue weighted by molar-refractivity contribution is 7.80. The Balaban J connectivity index is 2.36. The van der Waals surface area contributed by atoms with Gasteiger partial charge in [0.15, 0.2) is 5.11 Å². The number of amides is 1. The first-order valence-electron chi connectivity index (χ1n) is 5.84. The van der Waals surface area contributed by atoms with Gasteiger partial charge in [-0.25, -0.2) is 0 Å². The Hall–Kier alpha value is -1.42. The minimum Gasteiger partial charge on any atom is -0.306 e. The van der Waals surface area contributed by atoms with Crippen molar-refractivity contribution in [2.45, 2.75) is 26.3 Å². The van der Waals surface area contributed by atoms with Crippen LogP contribution in [0.5, 0.6) is 0 Å². The number of nitrogens with zero attached hydrogens (tertiary/aromatic N) is 1. The average Bonchev–Trinajstić information content (AvgIpc) is 2.64. The van der Waals surface area contributed by atoms with E-state index in [2.05, 4.69) is 19.2 Å². The molecule has 90 valence electrons. The molecule has 1 aromatic carbocycles. The van der Waals surface area contributed by atoms with Crippen LogP contribution in [0.15, 0.2) is 30.3 Å². The summed E-state index contributed by atoms with van der Waals surface area (Å²) in [6.45, 7) is 4.16. The van der Waals surface area contributed by atoms with E-state index in [0.717, 1.165) is 12.1 Å². The lowest BCUT2D eigenvalue weighted by Gasteiger charge is -2.27. The molecule has 0 bridgehead atoms. The highest BCUT2D eigenvalue weighted by atomic mass is 32.1. The zero-order valence-corrected chi connectivity index (χ0v) is 10.8. The molecule has 1 aromatic rings. The summed E-state index contributed by atoms with van der Waals surface area (Å²) < 4.78 is 0. The summed E-state index contributed by atoms with van der Waals surface area (Å²) in [5.41, 5.74) is 0.973. The molecular formula is C13H16N2OS. The van der Waals surface area contributed by atoms with E-state index in [0.29, 0.717) is 5.11 Å². The Bertz CT molecular complexity index is 432. The standard InChI is InChI=1S/C13H16N2OS/c1-3-9(2)11-12(16)14-13(17)15(11)10-7-5-4-6-8-10/h4-9,11H,3H2,1-2H3,(H,14,16,17)/t9?,11-/m0/s1. The van der Waals surface area contributed by atoms with Crippen molar-refractivity contribution < 1.29 is 4.79 Å². The fraction of sp³-hybridized carbons (Fsp3) is 0.385. The number of carbonyl (C=O) groups is 1. The Morgan fingerprint density at radius 3 is 2.65 bits per heavy atom. The van der Waals surface area contributed by atoms with Gasteiger partial charge in [-0.15, -0.1) is 0 Å². The summed E-state index contributed by atoms with van der Waals surface area (Å²) in [4.78, 5) is 13.9. The number of benzene rings is 1. The van der Waals surface area contributed by atoms with Crippen LogP contribution >= 0.6 is 12.2 Å². The second kappa shape index (κ2) is 4.84. The van der Waals surface area contributed by atoms with Crippen molar-refractivity contribution >= 4 is 28.9 Å². The van der Waals surface area contributed by atoms with Crippen molar-refractivity contribution in [3.63, 3.8) is 0 Å². The van der Waals surface area contributed by atoms with Crippen LogP contribution in [-0.2, 0) is 4.79 Å². The van der Waals surface area contributed by atoms with E-state index in [9.17, 15) is 4.79 Å². The number of rotatable bonds is 3. The Labute approximate surface area is 107 Å². The molecule has 1 heterocycles. The van der Waals surface area contributed by atoms with Gasteiger partial charge >= 0.3 is 0 Å². The molecule has 0 aliphatic carbocycles. The molecule has 0 radical (unpaired) electrons. The maximum Gasteiger partial charge on any atom is 0.249 e. The van der Waals surface area contributed by atoms with Crippen LogP contribution in [0, 0.1) is 5.92 Å². The van der Waals surface area contributed by atoms with Crippen LogP contribution in [0.3, 0.4) is 0 Å². The monoisotopic (exact) mass is 248 g/mol. The molecule has 2 rings (SSSR count). The van der Waals surface area contributed by atoms with Crippen molar-refractivity contribution in [2.75, 3.05) is 4.90 Å². The SMILES string of the molecule is CCC(C)[C@H]1C(=O)NC(=S)N1c1ccccc1. The van der Waals surface area contributed by atoms with Gasteiger partial charge in [0, 0.05) is 5.69 Å². The average molecular weight is 248 g/mol. The van der Waals surface area contributed by atoms with Crippen molar-refractivity contribution in [3.8, 4) is 0 Å². The first-order valence-corrected chi connectivity index (χ1v) is 6.25. The Morgan fingerprint density at radius 1 is 1.41 bits per heavy atom. The molecule has 1 amide bonds. The number of hydrogen-bond donors (Lipinski definition) is 1. The third-order valence-corrected chi connectivity index (χ3v) is 3.51. The van der Waals surface area contributed by atoms with E-state index in [1.807, 2.05) is 35.2 Å². The second-order valence-corrected chi connectivity index (χ2v) is 4.72. The number of hydrogen-bond acceptors (Lipinski definition) is 2. The molecule has 1 unspecified atom stereocenters. The van der Waals surface area contributed by atoms with Crippen LogP contribution in [0.4, 0.5) is 5.69 Å². The molecule has 17 heavy (non-hydrogen) atoms. The van der Waals surface area contributed by atoms with E-state index in [4.69, 9.17) is 12.2 Å². The van der Waals surface area contributed by atoms with Gasteiger partial charge in [0.1, 0.15) is 6.04 Å². The zero-order valence-electron chi connectivity index (χ0n) is 10.0. The van der Waals surface area contributed by atoms with Gasteiger partial charge in [-0.3, -0.25) is 4.79 Å². The van der Waals surface area contributed by atoms with Crippen molar-refractivity contribution in [2.24, 2.45) is 5.92 Å². The van der Waals surface area contributed by atoms with E-state index in [-0.39, 0.29) is 17.9 Å². The number of nitrogens with one attached hydrogen (secondary N) is 1. The minimum absolute atomic E-state index is 0.00760. The van der Waals surface area contributed by atoms with Gasteiger partial charge in [0.25, 0.3) is 0 Å². The summed E-state index contributed by atoms with van der Waals surface area (Å²) in [7, 11) is 0. The lowest BCUT2D eigenvalue weighted by Crippen LogP contribution is -2.39. The normalized spacial score (nSPS) is 21.5. The van der Waals surface area contributed by atoms with Crippen molar-refractivity contribution in [1.29, 1.82) is 0 Å². The van der Waals surface area contributed by atoms with Gasteiger partial charge in [-0.2, -0.15) is 0 Å². The zero-order chi connectivity index (χ0) is 12.4. The molecule has 1 saturated heterocycles. The predicted octanol–water partition coefficient (Wildman–Crippen LogP) is 2.32.